The summed E-state index contributed by atoms with van der Waals surface area (Å²) >= 11 is 5.69. The van der Waals surface area contributed by atoms with E-state index in [-0.39, 0.29) is 5.02 Å². The molecule has 0 atom stereocenters. The highest BCUT2D eigenvalue weighted by molar-refractivity contribution is 6.31. The number of rotatable bonds is 2. The van der Waals surface area contributed by atoms with Gasteiger partial charge < -0.3 is 10.6 Å². The summed E-state index contributed by atoms with van der Waals surface area (Å²) in [6.45, 7) is 1.99. The Balaban J connectivity index is 2.50. The summed E-state index contributed by atoms with van der Waals surface area (Å²) in [5.41, 5.74) is 9.01. The van der Waals surface area contributed by atoms with Gasteiger partial charge in [0.1, 0.15) is 5.82 Å². The van der Waals surface area contributed by atoms with Crippen molar-refractivity contribution >= 4 is 28.7 Å². The second-order valence-electron chi connectivity index (χ2n) is 4.17. The van der Waals surface area contributed by atoms with Gasteiger partial charge in [-0.25, -0.2) is 4.39 Å². The van der Waals surface area contributed by atoms with E-state index in [0.29, 0.717) is 11.4 Å². The van der Waals surface area contributed by atoms with Crippen LogP contribution in [0.2, 0.25) is 5.02 Å². The van der Waals surface area contributed by atoms with Crippen LogP contribution < -0.4 is 10.6 Å². The second-order valence-corrected chi connectivity index (χ2v) is 4.58. The number of aryl methyl sites for hydroxylation is 1. The first-order valence-corrected chi connectivity index (χ1v) is 5.92. The molecule has 0 amide bonds. The highest BCUT2D eigenvalue weighted by atomic mass is 35.5. The molecule has 18 heavy (non-hydrogen) atoms. The zero-order valence-corrected chi connectivity index (χ0v) is 11.0. The topological polar surface area (TPSA) is 29.3 Å². The summed E-state index contributed by atoms with van der Waals surface area (Å²) in [6, 6.07) is 10.6. The summed E-state index contributed by atoms with van der Waals surface area (Å²) < 4.78 is 13.5. The first-order chi connectivity index (χ1) is 8.50. The predicted molar refractivity (Wildman–Crippen MR) is 75.1 cm³/mol. The molecule has 2 rings (SSSR count). The third-order valence-electron chi connectivity index (χ3n) is 2.91. The van der Waals surface area contributed by atoms with Gasteiger partial charge in [-0.15, -0.1) is 0 Å². The van der Waals surface area contributed by atoms with Crippen molar-refractivity contribution in [1.29, 1.82) is 0 Å². The maximum absolute atomic E-state index is 13.5. The largest absolute Gasteiger partial charge is 0.397 e. The van der Waals surface area contributed by atoms with Crippen LogP contribution in [0.4, 0.5) is 21.5 Å². The third-order valence-corrected chi connectivity index (χ3v) is 3.20. The molecule has 2 aromatic rings. The molecule has 0 aliphatic heterocycles. The van der Waals surface area contributed by atoms with Crippen LogP contribution in [-0.4, -0.2) is 7.05 Å². The lowest BCUT2D eigenvalue weighted by Crippen LogP contribution is -2.13. The number of anilines is 3. The van der Waals surface area contributed by atoms with Crippen molar-refractivity contribution in [2.24, 2.45) is 0 Å². The standard InChI is InChI=1S/C14H14ClFN2/c1-9-5-3-4-6-13(9)18(2)14-8-11(16)10(15)7-12(14)17/h3-8H,17H2,1-2H3. The number of hydrogen-bond acceptors (Lipinski definition) is 2. The minimum atomic E-state index is -0.471. The van der Waals surface area contributed by atoms with E-state index in [1.807, 2.05) is 43.1 Å². The Bertz CT molecular complexity index is 584. The maximum atomic E-state index is 13.5. The van der Waals surface area contributed by atoms with Crippen molar-refractivity contribution in [1.82, 2.24) is 0 Å². The molecule has 2 N–H and O–H groups in total. The van der Waals surface area contributed by atoms with E-state index >= 15 is 0 Å². The first kappa shape index (κ1) is 12.7. The van der Waals surface area contributed by atoms with Crippen LogP contribution in [0.5, 0.6) is 0 Å². The highest BCUT2D eigenvalue weighted by Crippen LogP contribution is 2.33. The molecule has 2 aromatic carbocycles. The van der Waals surface area contributed by atoms with Crippen LogP contribution in [0, 0.1) is 12.7 Å². The van der Waals surface area contributed by atoms with Crippen LogP contribution in [0.25, 0.3) is 0 Å². The zero-order chi connectivity index (χ0) is 13.3. The van der Waals surface area contributed by atoms with Gasteiger partial charge in [0.2, 0.25) is 0 Å². The Morgan fingerprint density at radius 1 is 1.17 bits per heavy atom. The molecule has 0 fully saturated rings. The molecule has 0 aromatic heterocycles. The van der Waals surface area contributed by atoms with Crippen molar-refractivity contribution in [3.8, 4) is 0 Å². The number of nitrogens with two attached hydrogens (primary N) is 1. The Hall–Kier alpha value is -1.74. The zero-order valence-electron chi connectivity index (χ0n) is 10.2. The number of benzene rings is 2. The van der Waals surface area contributed by atoms with Crippen molar-refractivity contribution < 1.29 is 4.39 Å². The van der Waals surface area contributed by atoms with Crippen LogP contribution in [0.15, 0.2) is 36.4 Å². The van der Waals surface area contributed by atoms with Gasteiger partial charge >= 0.3 is 0 Å². The van der Waals surface area contributed by atoms with Crippen LogP contribution in [0.3, 0.4) is 0 Å². The molecule has 0 spiro atoms. The van der Waals surface area contributed by atoms with Crippen molar-refractivity contribution in [3.05, 3.63) is 52.8 Å². The molecule has 0 aliphatic carbocycles. The lowest BCUT2D eigenvalue weighted by molar-refractivity contribution is 0.628. The quantitative estimate of drug-likeness (QED) is 0.826. The van der Waals surface area contributed by atoms with Gasteiger partial charge in [-0.1, -0.05) is 29.8 Å². The summed E-state index contributed by atoms with van der Waals surface area (Å²) in [6.07, 6.45) is 0. The first-order valence-electron chi connectivity index (χ1n) is 5.54. The molecular weight excluding hydrogens is 251 g/mol. The predicted octanol–water partition coefficient (Wildman–Crippen LogP) is 4.14. The fourth-order valence-electron chi connectivity index (χ4n) is 1.91. The summed E-state index contributed by atoms with van der Waals surface area (Å²) in [4.78, 5) is 1.85. The summed E-state index contributed by atoms with van der Waals surface area (Å²) in [5.74, 6) is -0.471. The van der Waals surface area contributed by atoms with E-state index in [1.54, 1.807) is 0 Å². The molecule has 2 nitrogen and oxygen atoms in total. The van der Waals surface area contributed by atoms with Gasteiger partial charge in [0.25, 0.3) is 0 Å². The van der Waals surface area contributed by atoms with Crippen molar-refractivity contribution in [3.63, 3.8) is 0 Å². The average Bonchev–Trinajstić information content (AvgIpc) is 2.33. The molecule has 0 aliphatic rings. The molecule has 0 radical (unpaired) electrons. The molecule has 4 heteroatoms. The van der Waals surface area contributed by atoms with Gasteiger partial charge in [-0.3, -0.25) is 0 Å². The SMILES string of the molecule is Cc1ccccc1N(C)c1cc(F)c(Cl)cc1N. The lowest BCUT2D eigenvalue weighted by Gasteiger charge is -2.23. The number of hydrogen-bond donors (Lipinski definition) is 1. The lowest BCUT2D eigenvalue weighted by atomic mass is 10.1. The fourth-order valence-corrected chi connectivity index (χ4v) is 2.08. The molecule has 0 saturated carbocycles. The monoisotopic (exact) mass is 264 g/mol. The van der Waals surface area contributed by atoms with Gasteiger partial charge in [0.05, 0.1) is 16.4 Å². The molecular formula is C14H14ClFN2. The Morgan fingerprint density at radius 3 is 2.50 bits per heavy atom. The summed E-state index contributed by atoms with van der Waals surface area (Å²) in [7, 11) is 1.85. The number of para-hydroxylation sites is 1. The van der Waals surface area contributed by atoms with E-state index in [0.717, 1.165) is 11.3 Å². The van der Waals surface area contributed by atoms with Crippen molar-refractivity contribution in [2.45, 2.75) is 6.92 Å². The number of nitrogens with zero attached hydrogens (tertiary/aromatic N) is 1. The molecule has 0 saturated heterocycles. The number of nitrogen functional groups attached to an aromatic ring is 1. The van der Waals surface area contributed by atoms with Crippen LogP contribution in [0.1, 0.15) is 5.56 Å². The average molecular weight is 265 g/mol. The third kappa shape index (κ3) is 2.27. The Labute approximate surface area is 111 Å². The number of halogens is 2. The maximum Gasteiger partial charge on any atom is 0.144 e. The van der Waals surface area contributed by atoms with E-state index in [1.165, 1.54) is 12.1 Å². The fraction of sp³-hybridized carbons (Fsp3) is 0.143. The highest BCUT2D eigenvalue weighted by Gasteiger charge is 2.12. The van der Waals surface area contributed by atoms with Crippen LogP contribution in [-0.2, 0) is 0 Å². The minimum Gasteiger partial charge on any atom is -0.397 e. The van der Waals surface area contributed by atoms with Crippen LogP contribution >= 0.6 is 11.6 Å². The van der Waals surface area contributed by atoms with E-state index in [9.17, 15) is 4.39 Å². The molecule has 0 unspecified atom stereocenters. The smallest absolute Gasteiger partial charge is 0.144 e. The van der Waals surface area contributed by atoms with Gasteiger partial charge in [-0.2, -0.15) is 0 Å². The minimum absolute atomic E-state index is 0.0365. The van der Waals surface area contributed by atoms with E-state index in [4.69, 9.17) is 17.3 Å². The van der Waals surface area contributed by atoms with Crippen molar-refractivity contribution in [2.75, 3.05) is 17.7 Å². The molecule has 94 valence electrons. The Kier molecular flexibility index (Phi) is 3.43. The molecule has 0 heterocycles. The van der Waals surface area contributed by atoms with E-state index in [2.05, 4.69) is 0 Å². The van der Waals surface area contributed by atoms with Gasteiger partial charge in [-0.05, 0) is 24.6 Å². The van der Waals surface area contributed by atoms with Gasteiger partial charge in [0, 0.05) is 18.8 Å². The summed E-state index contributed by atoms with van der Waals surface area (Å²) in [5, 5.41) is 0.0365. The second kappa shape index (κ2) is 4.86. The van der Waals surface area contributed by atoms with Gasteiger partial charge in [0.15, 0.2) is 0 Å². The Morgan fingerprint density at radius 2 is 1.83 bits per heavy atom. The van der Waals surface area contributed by atoms with E-state index < -0.39 is 5.82 Å². The molecule has 0 bridgehead atoms. The normalized spacial score (nSPS) is 10.4.